The predicted octanol–water partition coefficient (Wildman–Crippen LogP) is 1.69. The van der Waals surface area contributed by atoms with Crippen LogP contribution in [0.2, 0.25) is 0 Å². The van der Waals surface area contributed by atoms with Crippen LogP contribution in [0.4, 0.5) is 4.39 Å². The SMILES string of the molecule is COc1ccc(C(=O)NC2CCCC2CN)cc1F. The molecule has 4 nitrogen and oxygen atoms in total. The fourth-order valence-corrected chi connectivity index (χ4v) is 2.57. The van der Waals surface area contributed by atoms with E-state index in [1.807, 2.05) is 0 Å². The fourth-order valence-electron chi connectivity index (χ4n) is 2.57. The van der Waals surface area contributed by atoms with Crippen LogP contribution in [-0.4, -0.2) is 25.6 Å². The number of benzene rings is 1. The molecule has 0 radical (unpaired) electrons. The van der Waals surface area contributed by atoms with Crippen LogP contribution in [0.15, 0.2) is 18.2 Å². The van der Waals surface area contributed by atoms with Gasteiger partial charge in [-0.15, -0.1) is 0 Å². The second kappa shape index (κ2) is 6.02. The average Bonchev–Trinajstić information content (AvgIpc) is 2.85. The number of hydrogen-bond donors (Lipinski definition) is 2. The molecule has 1 aliphatic rings. The smallest absolute Gasteiger partial charge is 0.251 e. The highest BCUT2D eigenvalue weighted by Crippen LogP contribution is 2.25. The van der Waals surface area contributed by atoms with Crippen LogP contribution in [-0.2, 0) is 0 Å². The highest BCUT2D eigenvalue weighted by molar-refractivity contribution is 5.94. The van der Waals surface area contributed by atoms with Crippen LogP contribution in [0.25, 0.3) is 0 Å². The summed E-state index contributed by atoms with van der Waals surface area (Å²) in [6, 6.07) is 4.31. The maximum absolute atomic E-state index is 13.5. The Balaban J connectivity index is 2.05. The monoisotopic (exact) mass is 266 g/mol. The molecule has 1 aliphatic carbocycles. The summed E-state index contributed by atoms with van der Waals surface area (Å²) >= 11 is 0. The Morgan fingerprint density at radius 3 is 2.95 bits per heavy atom. The molecule has 2 atom stereocenters. The largest absolute Gasteiger partial charge is 0.494 e. The van der Waals surface area contributed by atoms with Crippen molar-refractivity contribution in [3.05, 3.63) is 29.6 Å². The second-order valence-corrected chi connectivity index (χ2v) is 4.86. The second-order valence-electron chi connectivity index (χ2n) is 4.86. The third-order valence-corrected chi connectivity index (χ3v) is 3.69. The van der Waals surface area contributed by atoms with E-state index in [4.69, 9.17) is 10.5 Å². The van der Waals surface area contributed by atoms with E-state index in [1.165, 1.54) is 19.2 Å². The Bertz CT molecular complexity index is 465. The molecule has 3 N–H and O–H groups in total. The molecule has 1 saturated carbocycles. The van der Waals surface area contributed by atoms with Gasteiger partial charge in [0.2, 0.25) is 0 Å². The highest BCUT2D eigenvalue weighted by Gasteiger charge is 2.27. The van der Waals surface area contributed by atoms with Crippen molar-refractivity contribution in [2.24, 2.45) is 11.7 Å². The van der Waals surface area contributed by atoms with Gasteiger partial charge in [0, 0.05) is 11.6 Å². The van der Waals surface area contributed by atoms with Gasteiger partial charge in [0.1, 0.15) is 0 Å². The number of nitrogens with one attached hydrogen (secondary N) is 1. The van der Waals surface area contributed by atoms with Crippen molar-refractivity contribution in [1.82, 2.24) is 5.32 Å². The summed E-state index contributed by atoms with van der Waals surface area (Å²) in [6.07, 6.45) is 3.05. The van der Waals surface area contributed by atoms with Gasteiger partial charge in [-0.3, -0.25) is 4.79 Å². The van der Waals surface area contributed by atoms with Gasteiger partial charge in [-0.05, 0) is 43.5 Å². The minimum atomic E-state index is -0.531. The summed E-state index contributed by atoms with van der Waals surface area (Å²) in [4.78, 5) is 12.1. The molecule has 0 aliphatic heterocycles. The molecule has 1 aromatic rings. The third-order valence-electron chi connectivity index (χ3n) is 3.69. The van der Waals surface area contributed by atoms with Crippen LogP contribution >= 0.6 is 0 Å². The van der Waals surface area contributed by atoms with Crippen molar-refractivity contribution in [1.29, 1.82) is 0 Å². The summed E-state index contributed by atoms with van der Waals surface area (Å²) in [5.41, 5.74) is 5.98. The Hall–Kier alpha value is -1.62. The van der Waals surface area contributed by atoms with Crippen molar-refractivity contribution in [2.45, 2.75) is 25.3 Å². The standard InChI is InChI=1S/C14H19FN2O2/c1-19-13-6-5-9(7-11(13)15)14(18)17-12-4-2-3-10(12)8-16/h5-7,10,12H,2-4,8,16H2,1H3,(H,17,18). The molecule has 1 amide bonds. The normalized spacial score (nSPS) is 22.3. The average molecular weight is 266 g/mol. The Labute approximate surface area is 112 Å². The van der Waals surface area contributed by atoms with Crippen molar-refractivity contribution in [2.75, 3.05) is 13.7 Å². The van der Waals surface area contributed by atoms with Gasteiger partial charge >= 0.3 is 0 Å². The lowest BCUT2D eigenvalue weighted by molar-refractivity contribution is 0.0928. The lowest BCUT2D eigenvalue weighted by atomic mass is 10.0. The van der Waals surface area contributed by atoms with Crippen LogP contribution in [0, 0.1) is 11.7 Å². The number of carbonyl (C=O) groups is 1. The van der Waals surface area contributed by atoms with E-state index in [2.05, 4.69) is 5.32 Å². The molecule has 0 saturated heterocycles. The maximum atomic E-state index is 13.5. The molecule has 0 spiro atoms. The summed E-state index contributed by atoms with van der Waals surface area (Å²) in [6.45, 7) is 0.571. The zero-order valence-electron chi connectivity index (χ0n) is 11.0. The van der Waals surface area contributed by atoms with Crippen LogP contribution in [0.5, 0.6) is 5.75 Å². The molecule has 0 aromatic heterocycles. The first-order valence-corrected chi connectivity index (χ1v) is 6.50. The summed E-state index contributed by atoms with van der Waals surface area (Å²) < 4.78 is 18.4. The minimum absolute atomic E-state index is 0.0997. The van der Waals surface area contributed by atoms with E-state index in [0.29, 0.717) is 18.0 Å². The van der Waals surface area contributed by atoms with E-state index in [9.17, 15) is 9.18 Å². The maximum Gasteiger partial charge on any atom is 0.251 e. The molecular formula is C14H19FN2O2. The molecule has 5 heteroatoms. The number of methoxy groups -OCH3 is 1. The predicted molar refractivity (Wildman–Crippen MR) is 70.6 cm³/mol. The third kappa shape index (κ3) is 3.04. The van der Waals surface area contributed by atoms with Crippen molar-refractivity contribution >= 4 is 5.91 Å². The fraction of sp³-hybridized carbons (Fsp3) is 0.500. The number of rotatable bonds is 4. The van der Waals surface area contributed by atoms with E-state index in [0.717, 1.165) is 19.3 Å². The molecule has 2 unspecified atom stereocenters. The molecule has 0 heterocycles. The van der Waals surface area contributed by atoms with Gasteiger partial charge in [-0.25, -0.2) is 4.39 Å². The van der Waals surface area contributed by atoms with Crippen LogP contribution in [0.1, 0.15) is 29.6 Å². The van der Waals surface area contributed by atoms with Crippen molar-refractivity contribution in [3.63, 3.8) is 0 Å². The first-order chi connectivity index (χ1) is 9.15. The van der Waals surface area contributed by atoms with Crippen LogP contribution < -0.4 is 15.8 Å². The van der Waals surface area contributed by atoms with Gasteiger partial charge in [-0.2, -0.15) is 0 Å². The zero-order chi connectivity index (χ0) is 13.8. The molecule has 1 fully saturated rings. The number of halogens is 1. The molecule has 1 aromatic carbocycles. The molecule has 104 valence electrons. The minimum Gasteiger partial charge on any atom is -0.494 e. The van der Waals surface area contributed by atoms with E-state index >= 15 is 0 Å². The number of nitrogens with two attached hydrogens (primary N) is 1. The topological polar surface area (TPSA) is 64.3 Å². The Morgan fingerprint density at radius 1 is 1.53 bits per heavy atom. The number of hydrogen-bond acceptors (Lipinski definition) is 3. The van der Waals surface area contributed by atoms with Gasteiger partial charge < -0.3 is 15.8 Å². The number of ether oxygens (including phenoxy) is 1. The van der Waals surface area contributed by atoms with Crippen LogP contribution in [0.3, 0.4) is 0 Å². The van der Waals surface area contributed by atoms with Gasteiger partial charge in [-0.1, -0.05) is 6.42 Å². The summed E-state index contributed by atoms with van der Waals surface area (Å²) in [7, 11) is 1.39. The first-order valence-electron chi connectivity index (χ1n) is 6.50. The molecule has 2 rings (SSSR count). The number of amides is 1. The van der Waals surface area contributed by atoms with E-state index < -0.39 is 5.82 Å². The van der Waals surface area contributed by atoms with Gasteiger partial charge in [0.15, 0.2) is 11.6 Å². The lowest BCUT2D eigenvalue weighted by Crippen LogP contribution is -2.39. The van der Waals surface area contributed by atoms with E-state index in [-0.39, 0.29) is 17.7 Å². The number of carbonyl (C=O) groups excluding carboxylic acids is 1. The van der Waals surface area contributed by atoms with Gasteiger partial charge in [0.25, 0.3) is 5.91 Å². The van der Waals surface area contributed by atoms with Gasteiger partial charge in [0.05, 0.1) is 7.11 Å². The Kier molecular flexibility index (Phi) is 4.37. The first kappa shape index (κ1) is 13.8. The van der Waals surface area contributed by atoms with Crippen molar-refractivity contribution in [3.8, 4) is 5.75 Å². The lowest BCUT2D eigenvalue weighted by Gasteiger charge is -2.19. The Morgan fingerprint density at radius 2 is 2.32 bits per heavy atom. The van der Waals surface area contributed by atoms with E-state index in [1.54, 1.807) is 6.07 Å². The zero-order valence-corrected chi connectivity index (χ0v) is 11.0. The molecule has 0 bridgehead atoms. The highest BCUT2D eigenvalue weighted by atomic mass is 19.1. The summed E-state index contributed by atoms with van der Waals surface area (Å²) in [5, 5.41) is 2.93. The van der Waals surface area contributed by atoms with Crippen molar-refractivity contribution < 1.29 is 13.9 Å². The quantitative estimate of drug-likeness (QED) is 0.871. The molecular weight excluding hydrogens is 247 g/mol. The molecule has 19 heavy (non-hydrogen) atoms. The summed E-state index contributed by atoms with van der Waals surface area (Å²) in [5.74, 6) is -0.326.